The Kier molecular flexibility index (Phi) is 8.52. The number of carbonyl (C=O) groups is 3. The summed E-state index contributed by atoms with van der Waals surface area (Å²) in [5.74, 6) is -1.41. The summed E-state index contributed by atoms with van der Waals surface area (Å²) in [6, 6.07) is 23.4. The van der Waals surface area contributed by atoms with Crippen LogP contribution in [0.5, 0.6) is 0 Å². The summed E-state index contributed by atoms with van der Waals surface area (Å²) in [6.07, 6.45) is 1.95. The van der Waals surface area contributed by atoms with E-state index in [2.05, 4.69) is 21.4 Å². The predicted octanol–water partition coefficient (Wildman–Crippen LogP) is 5.96. The standard InChI is InChI=1S/C31H26Cl2N4O4/c1-18-26-24(34-36-30(39)27(19-9-4-2-5-10-19)20-11-6-3-7-12-20)13-8-14-25(26)41-28(18)31(40)37-35-29(38)22-16-15-21(32)17-23(22)33/h2-7,9-12,15-17,27H,8,13-14H2,1H3,(H,35,38)(H,36,39)(H,37,40)/b34-24+. The lowest BCUT2D eigenvalue weighted by Gasteiger charge is -2.18. The Morgan fingerprint density at radius 3 is 2.12 bits per heavy atom. The number of nitrogens with zero attached hydrogens (tertiary/aromatic N) is 1. The number of hydrogen-bond acceptors (Lipinski definition) is 5. The molecule has 0 atom stereocenters. The van der Waals surface area contributed by atoms with E-state index in [-0.39, 0.29) is 22.3 Å². The largest absolute Gasteiger partial charge is 0.455 e. The number of fused-ring (bicyclic) bond motifs is 1. The molecule has 3 N–H and O–H groups in total. The molecule has 1 aliphatic carbocycles. The van der Waals surface area contributed by atoms with Gasteiger partial charge in [-0.2, -0.15) is 5.10 Å². The molecule has 0 bridgehead atoms. The monoisotopic (exact) mass is 588 g/mol. The number of rotatable bonds is 6. The van der Waals surface area contributed by atoms with Crippen molar-refractivity contribution < 1.29 is 18.8 Å². The van der Waals surface area contributed by atoms with E-state index in [1.54, 1.807) is 6.92 Å². The maximum atomic E-state index is 13.4. The number of hydrogen-bond donors (Lipinski definition) is 3. The molecule has 0 fully saturated rings. The molecule has 0 unspecified atom stereocenters. The summed E-state index contributed by atoms with van der Waals surface area (Å²) in [5, 5.41) is 5.03. The van der Waals surface area contributed by atoms with Gasteiger partial charge >= 0.3 is 5.91 Å². The molecule has 0 spiro atoms. The van der Waals surface area contributed by atoms with Gasteiger partial charge in [-0.25, -0.2) is 5.43 Å². The first-order valence-corrected chi connectivity index (χ1v) is 13.7. The fraction of sp³-hybridized carbons (Fsp3) is 0.161. The molecule has 1 heterocycles. The molecular formula is C31H26Cl2N4O4. The molecule has 4 aromatic rings. The minimum absolute atomic E-state index is 0.0462. The highest BCUT2D eigenvalue weighted by Gasteiger charge is 2.29. The summed E-state index contributed by atoms with van der Waals surface area (Å²) in [5.41, 5.74) is 11.2. The third kappa shape index (κ3) is 6.19. The van der Waals surface area contributed by atoms with Crippen LogP contribution in [0.2, 0.25) is 10.0 Å². The van der Waals surface area contributed by atoms with Gasteiger partial charge < -0.3 is 4.42 Å². The summed E-state index contributed by atoms with van der Waals surface area (Å²) in [4.78, 5) is 38.9. The van der Waals surface area contributed by atoms with Gasteiger partial charge in [-0.1, -0.05) is 83.9 Å². The Hall–Kier alpha value is -4.40. The van der Waals surface area contributed by atoms with Crippen molar-refractivity contribution in [1.29, 1.82) is 0 Å². The first kappa shape index (κ1) is 28.1. The minimum atomic E-state index is -0.632. The van der Waals surface area contributed by atoms with Crippen LogP contribution < -0.4 is 16.3 Å². The van der Waals surface area contributed by atoms with Crippen molar-refractivity contribution in [3.8, 4) is 0 Å². The molecular weight excluding hydrogens is 563 g/mol. The van der Waals surface area contributed by atoms with Crippen molar-refractivity contribution in [3.05, 3.63) is 128 Å². The highest BCUT2D eigenvalue weighted by molar-refractivity contribution is 6.36. The van der Waals surface area contributed by atoms with E-state index < -0.39 is 17.7 Å². The first-order valence-electron chi connectivity index (χ1n) is 13.0. The van der Waals surface area contributed by atoms with E-state index in [4.69, 9.17) is 27.6 Å². The van der Waals surface area contributed by atoms with E-state index in [1.807, 2.05) is 60.7 Å². The maximum absolute atomic E-state index is 13.4. The molecule has 1 aliphatic rings. The highest BCUT2D eigenvalue weighted by Crippen LogP contribution is 2.30. The normalized spacial score (nSPS) is 13.5. The van der Waals surface area contributed by atoms with Crippen molar-refractivity contribution >= 4 is 46.6 Å². The van der Waals surface area contributed by atoms with Crippen LogP contribution in [-0.4, -0.2) is 23.4 Å². The highest BCUT2D eigenvalue weighted by atomic mass is 35.5. The number of amides is 3. The van der Waals surface area contributed by atoms with Gasteiger partial charge in [0.05, 0.1) is 22.2 Å². The molecule has 10 heteroatoms. The van der Waals surface area contributed by atoms with Crippen molar-refractivity contribution in [3.63, 3.8) is 0 Å². The Labute approximate surface area is 246 Å². The molecule has 0 radical (unpaired) electrons. The van der Waals surface area contributed by atoms with Crippen LogP contribution in [0, 0.1) is 6.92 Å². The number of nitrogens with one attached hydrogen (secondary N) is 3. The van der Waals surface area contributed by atoms with E-state index in [0.717, 1.165) is 17.5 Å². The topological polar surface area (TPSA) is 113 Å². The van der Waals surface area contributed by atoms with Gasteiger partial charge in [0.15, 0.2) is 5.76 Å². The van der Waals surface area contributed by atoms with Crippen LogP contribution in [-0.2, 0) is 11.2 Å². The number of furan rings is 1. The second kappa shape index (κ2) is 12.4. The molecule has 3 aromatic carbocycles. The Morgan fingerprint density at radius 1 is 0.854 bits per heavy atom. The Balaban J connectivity index is 1.33. The quantitative estimate of drug-likeness (QED) is 0.241. The lowest BCUT2D eigenvalue weighted by Crippen LogP contribution is -2.41. The van der Waals surface area contributed by atoms with E-state index >= 15 is 0 Å². The van der Waals surface area contributed by atoms with Gasteiger partial charge in [0.2, 0.25) is 0 Å². The van der Waals surface area contributed by atoms with Gasteiger partial charge in [0, 0.05) is 22.6 Å². The van der Waals surface area contributed by atoms with Crippen molar-refractivity contribution in [2.75, 3.05) is 0 Å². The Morgan fingerprint density at radius 2 is 1.49 bits per heavy atom. The average Bonchev–Trinajstić information content (AvgIpc) is 3.33. The number of hydrazine groups is 1. The number of hydrazone groups is 1. The van der Waals surface area contributed by atoms with Crippen molar-refractivity contribution in [2.45, 2.75) is 32.1 Å². The van der Waals surface area contributed by atoms with Crippen LogP contribution in [0.15, 0.2) is 88.4 Å². The summed E-state index contributed by atoms with van der Waals surface area (Å²) >= 11 is 12.0. The Bertz CT molecular complexity index is 1600. The maximum Gasteiger partial charge on any atom is 0.305 e. The van der Waals surface area contributed by atoms with Crippen molar-refractivity contribution in [2.24, 2.45) is 5.10 Å². The molecule has 41 heavy (non-hydrogen) atoms. The molecule has 0 aliphatic heterocycles. The smallest absolute Gasteiger partial charge is 0.305 e. The van der Waals surface area contributed by atoms with E-state index in [0.29, 0.717) is 40.5 Å². The minimum Gasteiger partial charge on any atom is -0.455 e. The zero-order valence-corrected chi connectivity index (χ0v) is 23.6. The predicted molar refractivity (Wildman–Crippen MR) is 157 cm³/mol. The second-order valence-electron chi connectivity index (χ2n) is 9.53. The summed E-state index contributed by atoms with van der Waals surface area (Å²) in [7, 11) is 0. The zero-order valence-electron chi connectivity index (χ0n) is 22.0. The zero-order chi connectivity index (χ0) is 28.9. The number of carbonyl (C=O) groups excluding carboxylic acids is 3. The fourth-order valence-corrected chi connectivity index (χ4v) is 5.38. The van der Waals surface area contributed by atoms with E-state index in [9.17, 15) is 14.4 Å². The molecule has 0 saturated heterocycles. The van der Waals surface area contributed by atoms with Crippen molar-refractivity contribution in [1.82, 2.24) is 16.3 Å². The van der Waals surface area contributed by atoms with Crippen LogP contribution >= 0.6 is 23.2 Å². The third-order valence-corrected chi connectivity index (χ3v) is 7.37. The lowest BCUT2D eigenvalue weighted by molar-refractivity contribution is -0.121. The molecule has 1 aromatic heterocycles. The van der Waals surface area contributed by atoms with Gasteiger partial charge in [0.1, 0.15) is 5.76 Å². The molecule has 0 saturated carbocycles. The summed E-state index contributed by atoms with van der Waals surface area (Å²) in [6.45, 7) is 1.74. The molecule has 208 valence electrons. The number of halogens is 2. The van der Waals surface area contributed by atoms with Gasteiger partial charge in [-0.05, 0) is 49.1 Å². The molecule has 3 amide bonds. The van der Waals surface area contributed by atoms with Crippen LogP contribution in [0.4, 0.5) is 0 Å². The number of aryl methyl sites for hydroxylation is 1. The van der Waals surface area contributed by atoms with Gasteiger partial charge in [-0.3, -0.25) is 25.2 Å². The third-order valence-electron chi connectivity index (χ3n) is 6.83. The van der Waals surface area contributed by atoms with Crippen LogP contribution in [0.3, 0.4) is 0 Å². The van der Waals surface area contributed by atoms with Crippen LogP contribution in [0.25, 0.3) is 0 Å². The lowest BCUT2D eigenvalue weighted by atomic mass is 9.90. The van der Waals surface area contributed by atoms with Gasteiger partial charge in [-0.15, -0.1) is 0 Å². The number of benzene rings is 3. The average molecular weight is 589 g/mol. The first-order chi connectivity index (χ1) is 19.8. The van der Waals surface area contributed by atoms with Crippen LogP contribution in [0.1, 0.15) is 67.7 Å². The molecule has 5 rings (SSSR count). The summed E-state index contributed by atoms with van der Waals surface area (Å²) < 4.78 is 5.90. The van der Waals surface area contributed by atoms with Gasteiger partial charge in [0.25, 0.3) is 11.8 Å². The SMILES string of the molecule is Cc1c(C(=O)NNC(=O)c2ccc(Cl)cc2Cl)oc2c1/C(=N/NC(=O)C(c1ccccc1)c1ccccc1)CCC2. The fourth-order valence-electron chi connectivity index (χ4n) is 4.88. The van der Waals surface area contributed by atoms with E-state index in [1.165, 1.54) is 18.2 Å². The molecule has 8 nitrogen and oxygen atoms in total. The second-order valence-corrected chi connectivity index (χ2v) is 10.4.